The molecule has 0 saturated carbocycles. The molecule has 0 aromatic carbocycles. The summed E-state index contributed by atoms with van der Waals surface area (Å²) >= 11 is 1.34. The van der Waals surface area contributed by atoms with E-state index in [1.165, 1.54) is 11.5 Å². The molecule has 0 radical (unpaired) electrons. The van der Waals surface area contributed by atoms with Crippen LogP contribution in [0.2, 0.25) is 0 Å². The van der Waals surface area contributed by atoms with Gasteiger partial charge in [-0.05, 0) is 11.5 Å². The summed E-state index contributed by atoms with van der Waals surface area (Å²) in [5.41, 5.74) is 0. The van der Waals surface area contributed by atoms with Crippen molar-refractivity contribution in [2.45, 2.75) is 0 Å². The first-order chi connectivity index (χ1) is 3.97. The van der Waals surface area contributed by atoms with Crippen molar-refractivity contribution in [3.05, 3.63) is 12.5 Å². The van der Waals surface area contributed by atoms with Crippen molar-refractivity contribution in [2.75, 3.05) is 0 Å². The van der Waals surface area contributed by atoms with Crippen LogP contribution < -0.4 is 0 Å². The first-order valence-corrected chi connectivity index (χ1v) is 2.89. The lowest BCUT2D eigenvalue weighted by Gasteiger charge is -1.57. The summed E-state index contributed by atoms with van der Waals surface area (Å²) in [7, 11) is 0. The lowest BCUT2D eigenvalue weighted by atomic mass is 10.5. The molecule has 0 atom stereocenters. The average molecular weight is 126 g/mol. The van der Waals surface area contributed by atoms with Gasteiger partial charge in [0, 0.05) is 0 Å². The minimum atomic E-state index is 0.866. The van der Waals surface area contributed by atoms with Crippen LogP contribution in [0.3, 0.4) is 0 Å². The van der Waals surface area contributed by atoms with E-state index < -0.39 is 0 Å². The van der Waals surface area contributed by atoms with E-state index in [1.807, 2.05) is 0 Å². The number of aromatic nitrogens is 2. The fraction of sp³-hybridized carbons (Fsp3) is 0. The monoisotopic (exact) mass is 126 g/mol. The van der Waals surface area contributed by atoms with Crippen LogP contribution in [0.15, 0.2) is 17.0 Å². The zero-order valence-electron chi connectivity index (χ0n) is 3.87. The van der Waals surface area contributed by atoms with Crippen LogP contribution in [-0.2, 0) is 0 Å². The van der Waals surface area contributed by atoms with E-state index in [4.69, 9.17) is 0 Å². The molecule has 0 unspecified atom stereocenters. The molecular formula is C4H2N2OS. The third-order valence-electron chi connectivity index (χ3n) is 0.893. The largest absolute Gasteiger partial charge is 0.363 e. The summed E-state index contributed by atoms with van der Waals surface area (Å²) in [5, 5.41) is 4.64. The Morgan fingerprint density at radius 3 is 3.50 bits per heavy atom. The Morgan fingerprint density at radius 1 is 1.62 bits per heavy atom. The smallest absolute Gasteiger partial charge is 0.186 e. The molecule has 40 valence electrons. The van der Waals surface area contributed by atoms with Crippen molar-refractivity contribution < 1.29 is 4.52 Å². The topological polar surface area (TPSA) is 38.9 Å². The Morgan fingerprint density at radius 2 is 2.62 bits per heavy atom. The first-order valence-electron chi connectivity index (χ1n) is 2.11. The van der Waals surface area contributed by atoms with Gasteiger partial charge in [-0.15, -0.1) is 0 Å². The predicted octanol–water partition coefficient (Wildman–Crippen LogP) is 1.28. The van der Waals surface area contributed by atoms with Crippen molar-refractivity contribution in [1.82, 2.24) is 9.53 Å². The Hall–Kier alpha value is -0.900. The summed E-state index contributed by atoms with van der Waals surface area (Å²) < 4.78 is 8.51. The molecule has 0 amide bonds. The number of hydrogen-bond donors (Lipinski definition) is 0. The fourth-order valence-electron chi connectivity index (χ4n) is 0.522. The number of fused-ring (bicyclic) bond motifs is 1. The predicted molar refractivity (Wildman–Crippen MR) is 29.7 cm³/mol. The fourth-order valence-corrected chi connectivity index (χ4v) is 1.07. The van der Waals surface area contributed by atoms with Crippen LogP contribution in [0.4, 0.5) is 0 Å². The van der Waals surface area contributed by atoms with E-state index >= 15 is 0 Å². The van der Waals surface area contributed by atoms with Gasteiger partial charge in [-0.25, -0.2) is 0 Å². The number of hydrogen-bond acceptors (Lipinski definition) is 4. The van der Waals surface area contributed by atoms with Crippen LogP contribution in [0, 0.1) is 0 Å². The van der Waals surface area contributed by atoms with E-state index in [9.17, 15) is 0 Å². The minimum absolute atomic E-state index is 0.866. The lowest BCUT2D eigenvalue weighted by Crippen LogP contribution is -1.46. The molecule has 0 bridgehead atoms. The molecule has 2 rings (SSSR count). The summed E-state index contributed by atoms with van der Waals surface area (Å²) in [6.07, 6.45) is 3.31. The molecule has 0 aliphatic heterocycles. The average Bonchev–Trinajstić information content (AvgIpc) is 2.15. The van der Waals surface area contributed by atoms with E-state index in [0.29, 0.717) is 0 Å². The highest BCUT2D eigenvalue weighted by Crippen LogP contribution is 2.13. The maximum atomic E-state index is 4.63. The van der Waals surface area contributed by atoms with Crippen molar-refractivity contribution in [3.8, 4) is 0 Å². The van der Waals surface area contributed by atoms with Crippen LogP contribution in [0.1, 0.15) is 0 Å². The Bertz CT molecular complexity index is 235. The van der Waals surface area contributed by atoms with Gasteiger partial charge < -0.3 is 4.52 Å². The zero-order valence-corrected chi connectivity index (χ0v) is 4.68. The SMILES string of the molecule is c1nsc2nocc12. The summed E-state index contributed by atoms with van der Waals surface area (Å²) in [5.74, 6) is 0. The van der Waals surface area contributed by atoms with Crippen molar-refractivity contribution in [1.29, 1.82) is 0 Å². The summed E-state index contributed by atoms with van der Waals surface area (Å²) in [4.78, 5) is 0.866. The minimum Gasteiger partial charge on any atom is -0.363 e. The molecule has 0 aliphatic rings. The van der Waals surface area contributed by atoms with E-state index in [2.05, 4.69) is 14.1 Å². The van der Waals surface area contributed by atoms with Crippen molar-refractivity contribution in [2.24, 2.45) is 0 Å². The van der Waals surface area contributed by atoms with Gasteiger partial charge in [0.2, 0.25) is 0 Å². The molecule has 0 fully saturated rings. The molecule has 0 saturated heterocycles. The second kappa shape index (κ2) is 1.29. The van der Waals surface area contributed by atoms with E-state index in [1.54, 1.807) is 12.5 Å². The first kappa shape index (κ1) is 4.03. The van der Waals surface area contributed by atoms with E-state index in [-0.39, 0.29) is 0 Å². The molecule has 3 nitrogen and oxygen atoms in total. The van der Waals surface area contributed by atoms with Gasteiger partial charge >= 0.3 is 0 Å². The Balaban J connectivity index is 3.06. The molecule has 2 aromatic heterocycles. The van der Waals surface area contributed by atoms with Crippen LogP contribution in [0.25, 0.3) is 10.2 Å². The molecule has 2 heterocycles. The quantitative estimate of drug-likeness (QED) is 0.533. The van der Waals surface area contributed by atoms with Gasteiger partial charge in [0.05, 0.1) is 11.6 Å². The van der Waals surface area contributed by atoms with Gasteiger partial charge in [0.1, 0.15) is 6.26 Å². The highest BCUT2D eigenvalue weighted by Gasteiger charge is 1.96. The third-order valence-corrected chi connectivity index (χ3v) is 1.59. The molecular weight excluding hydrogens is 124 g/mol. The molecule has 4 heteroatoms. The van der Waals surface area contributed by atoms with Gasteiger partial charge in [0.15, 0.2) is 4.83 Å². The third kappa shape index (κ3) is 0.376. The van der Waals surface area contributed by atoms with Gasteiger partial charge in [-0.3, -0.25) is 0 Å². The molecule has 2 aromatic rings. The summed E-state index contributed by atoms with van der Waals surface area (Å²) in [6, 6.07) is 0. The van der Waals surface area contributed by atoms with Crippen molar-refractivity contribution >= 4 is 21.7 Å². The van der Waals surface area contributed by atoms with Crippen LogP contribution >= 0.6 is 11.5 Å². The second-order valence-corrected chi connectivity index (χ2v) is 2.18. The molecule has 0 spiro atoms. The Kier molecular flexibility index (Phi) is 0.648. The van der Waals surface area contributed by atoms with Gasteiger partial charge in [-0.2, -0.15) is 4.37 Å². The van der Waals surface area contributed by atoms with Crippen molar-refractivity contribution in [3.63, 3.8) is 0 Å². The van der Waals surface area contributed by atoms with Crippen LogP contribution in [0.5, 0.6) is 0 Å². The second-order valence-electron chi connectivity index (χ2n) is 1.40. The zero-order chi connectivity index (χ0) is 5.40. The Labute approximate surface area is 49.1 Å². The maximum absolute atomic E-state index is 4.63. The standard InChI is InChI=1S/C4H2N2OS/c1-3-2-7-6-4(3)8-5-1/h1-2H. The normalized spacial score (nSPS) is 10.5. The molecule has 8 heavy (non-hydrogen) atoms. The highest BCUT2D eigenvalue weighted by atomic mass is 32.1. The van der Waals surface area contributed by atoms with E-state index in [0.717, 1.165) is 10.2 Å². The molecule has 0 N–H and O–H groups in total. The number of nitrogens with zero attached hydrogens (tertiary/aromatic N) is 2. The lowest BCUT2D eigenvalue weighted by molar-refractivity contribution is 0.429. The maximum Gasteiger partial charge on any atom is 0.186 e. The highest BCUT2D eigenvalue weighted by molar-refractivity contribution is 7.12. The number of rotatable bonds is 0. The van der Waals surface area contributed by atoms with Crippen LogP contribution in [-0.4, -0.2) is 9.53 Å². The van der Waals surface area contributed by atoms with Gasteiger partial charge in [0.25, 0.3) is 0 Å². The molecule has 0 aliphatic carbocycles. The summed E-state index contributed by atoms with van der Waals surface area (Å²) in [6.45, 7) is 0. The van der Waals surface area contributed by atoms with Gasteiger partial charge in [-0.1, -0.05) is 5.16 Å².